The standard InChI is InChI=1S/C11H20.C2H6.CH5N/c1-3-4-8-11-9-6-5-7-10(11)2;2*1-2/h6,9-11H,3-5,7-8H2,1-2H3;1-2H3;2H2,1H3. The predicted molar refractivity (Wildman–Crippen MR) is 72.0 cm³/mol. The summed E-state index contributed by atoms with van der Waals surface area (Å²) in [4.78, 5) is 0. The average molecular weight is 213 g/mol. The lowest BCUT2D eigenvalue weighted by atomic mass is 9.82. The van der Waals surface area contributed by atoms with Gasteiger partial charge in [0.2, 0.25) is 0 Å². The van der Waals surface area contributed by atoms with Crippen molar-refractivity contribution in [1.82, 2.24) is 0 Å². The van der Waals surface area contributed by atoms with Gasteiger partial charge in [-0.3, -0.25) is 0 Å². The Morgan fingerprint density at radius 1 is 1.27 bits per heavy atom. The van der Waals surface area contributed by atoms with Crippen LogP contribution in [0.5, 0.6) is 0 Å². The highest BCUT2D eigenvalue weighted by molar-refractivity contribution is 4.95. The van der Waals surface area contributed by atoms with E-state index in [4.69, 9.17) is 0 Å². The van der Waals surface area contributed by atoms with Gasteiger partial charge in [0, 0.05) is 0 Å². The topological polar surface area (TPSA) is 26.0 Å². The summed E-state index contributed by atoms with van der Waals surface area (Å²) < 4.78 is 0. The molecule has 92 valence electrons. The second kappa shape index (κ2) is 13.7. The first-order valence-electron chi connectivity index (χ1n) is 6.59. The molecule has 0 saturated heterocycles. The van der Waals surface area contributed by atoms with E-state index in [1.165, 1.54) is 39.2 Å². The van der Waals surface area contributed by atoms with Gasteiger partial charge in [0.15, 0.2) is 0 Å². The van der Waals surface area contributed by atoms with Crippen molar-refractivity contribution >= 4 is 0 Å². The Balaban J connectivity index is 0. The number of hydrogen-bond acceptors (Lipinski definition) is 1. The van der Waals surface area contributed by atoms with E-state index < -0.39 is 0 Å². The molecule has 0 aliphatic heterocycles. The fourth-order valence-corrected chi connectivity index (χ4v) is 1.85. The van der Waals surface area contributed by atoms with Crippen molar-refractivity contribution in [2.24, 2.45) is 17.6 Å². The van der Waals surface area contributed by atoms with Crippen LogP contribution < -0.4 is 5.73 Å². The number of hydrogen-bond donors (Lipinski definition) is 1. The summed E-state index contributed by atoms with van der Waals surface area (Å²) >= 11 is 0. The first kappa shape index (κ1) is 17.1. The SMILES string of the molecule is CC.CCCCC1C=CCCC1C.CN. The van der Waals surface area contributed by atoms with Gasteiger partial charge in [-0.15, -0.1) is 0 Å². The molecule has 0 fully saturated rings. The Labute approximate surface area is 97.1 Å². The first-order valence-corrected chi connectivity index (χ1v) is 6.59. The molecule has 1 aliphatic rings. The first-order chi connectivity index (χ1) is 7.34. The lowest BCUT2D eigenvalue weighted by molar-refractivity contribution is 0.358. The van der Waals surface area contributed by atoms with E-state index in [1.54, 1.807) is 0 Å². The Morgan fingerprint density at radius 2 is 1.87 bits per heavy atom. The van der Waals surface area contributed by atoms with Crippen molar-refractivity contribution in [1.29, 1.82) is 0 Å². The van der Waals surface area contributed by atoms with E-state index in [-0.39, 0.29) is 0 Å². The maximum Gasteiger partial charge on any atom is -0.0195 e. The number of nitrogens with two attached hydrogens (primary N) is 1. The fourth-order valence-electron chi connectivity index (χ4n) is 1.85. The van der Waals surface area contributed by atoms with Gasteiger partial charge in [-0.05, 0) is 38.1 Å². The van der Waals surface area contributed by atoms with Gasteiger partial charge in [0.25, 0.3) is 0 Å². The third kappa shape index (κ3) is 8.68. The van der Waals surface area contributed by atoms with Crippen molar-refractivity contribution in [2.45, 2.75) is 59.8 Å². The molecule has 0 radical (unpaired) electrons. The number of allylic oxidation sites excluding steroid dienone is 2. The number of rotatable bonds is 3. The maximum absolute atomic E-state index is 4.50. The zero-order chi connectivity index (χ0) is 12.1. The van der Waals surface area contributed by atoms with Crippen LogP contribution in [0.2, 0.25) is 0 Å². The molecule has 2 unspecified atom stereocenters. The Morgan fingerprint density at radius 3 is 2.33 bits per heavy atom. The van der Waals surface area contributed by atoms with E-state index in [2.05, 4.69) is 31.7 Å². The zero-order valence-electron chi connectivity index (χ0n) is 11.4. The highest BCUT2D eigenvalue weighted by Crippen LogP contribution is 2.27. The molecule has 1 nitrogen and oxygen atoms in total. The summed E-state index contributed by atoms with van der Waals surface area (Å²) in [6.45, 7) is 8.67. The molecular formula is C14H31N. The summed E-state index contributed by atoms with van der Waals surface area (Å²) in [5.41, 5.74) is 4.50. The summed E-state index contributed by atoms with van der Waals surface area (Å²) in [5.74, 6) is 1.83. The molecule has 0 saturated carbocycles. The van der Waals surface area contributed by atoms with Crippen molar-refractivity contribution in [3.63, 3.8) is 0 Å². The van der Waals surface area contributed by atoms with Crippen LogP contribution in [0.3, 0.4) is 0 Å². The van der Waals surface area contributed by atoms with Crippen LogP contribution in [0.15, 0.2) is 12.2 Å². The number of unbranched alkanes of at least 4 members (excludes halogenated alkanes) is 1. The molecule has 0 aromatic rings. The molecule has 0 heterocycles. The molecule has 0 aromatic heterocycles. The van der Waals surface area contributed by atoms with Crippen LogP contribution in [0.4, 0.5) is 0 Å². The van der Waals surface area contributed by atoms with E-state index in [1.807, 2.05) is 13.8 Å². The minimum Gasteiger partial charge on any atom is -0.333 e. The van der Waals surface area contributed by atoms with Crippen molar-refractivity contribution in [3.05, 3.63) is 12.2 Å². The highest BCUT2D eigenvalue weighted by atomic mass is 14.4. The third-order valence-corrected chi connectivity index (χ3v) is 2.79. The second-order valence-corrected chi connectivity index (χ2v) is 3.79. The van der Waals surface area contributed by atoms with E-state index in [0.717, 1.165) is 11.8 Å². The van der Waals surface area contributed by atoms with Gasteiger partial charge < -0.3 is 5.73 Å². The summed E-state index contributed by atoms with van der Waals surface area (Å²) in [6, 6.07) is 0. The van der Waals surface area contributed by atoms with Crippen molar-refractivity contribution < 1.29 is 0 Å². The van der Waals surface area contributed by atoms with Crippen molar-refractivity contribution in [3.8, 4) is 0 Å². The van der Waals surface area contributed by atoms with Crippen LogP contribution >= 0.6 is 0 Å². The molecule has 1 heteroatoms. The Kier molecular flexibility index (Phi) is 15.6. The van der Waals surface area contributed by atoms with Crippen LogP contribution in [0.1, 0.15) is 59.8 Å². The normalized spacial score (nSPS) is 23.3. The van der Waals surface area contributed by atoms with Gasteiger partial charge >= 0.3 is 0 Å². The van der Waals surface area contributed by atoms with E-state index >= 15 is 0 Å². The Bertz CT molecular complexity index is 129. The van der Waals surface area contributed by atoms with Crippen molar-refractivity contribution in [2.75, 3.05) is 7.05 Å². The third-order valence-electron chi connectivity index (χ3n) is 2.79. The summed E-state index contributed by atoms with van der Waals surface area (Å²) in [5, 5.41) is 0. The Hall–Kier alpha value is -0.300. The predicted octanol–water partition coefficient (Wildman–Crippen LogP) is 4.38. The molecule has 0 bridgehead atoms. The van der Waals surface area contributed by atoms with Gasteiger partial charge in [0.1, 0.15) is 0 Å². The van der Waals surface area contributed by atoms with Crippen LogP contribution in [-0.2, 0) is 0 Å². The molecule has 1 rings (SSSR count). The van der Waals surface area contributed by atoms with Gasteiger partial charge in [-0.25, -0.2) is 0 Å². The lowest BCUT2D eigenvalue weighted by Gasteiger charge is -2.23. The van der Waals surface area contributed by atoms with E-state index in [0.29, 0.717) is 0 Å². The average Bonchev–Trinajstić information content (AvgIpc) is 2.33. The van der Waals surface area contributed by atoms with Crippen LogP contribution in [0, 0.1) is 11.8 Å². The van der Waals surface area contributed by atoms with Gasteiger partial charge in [-0.1, -0.05) is 52.7 Å². The maximum atomic E-state index is 4.50. The molecule has 0 aromatic carbocycles. The summed E-state index contributed by atoms with van der Waals surface area (Å²) in [6.07, 6.45) is 11.7. The molecule has 2 N–H and O–H groups in total. The van der Waals surface area contributed by atoms with Gasteiger partial charge in [0.05, 0.1) is 0 Å². The molecule has 0 spiro atoms. The minimum atomic E-state index is 0.892. The molecule has 0 amide bonds. The van der Waals surface area contributed by atoms with E-state index in [9.17, 15) is 0 Å². The fraction of sp³-hybridized carbons (Fsp3) is 0.857. The molecule has 1 aliphatic carbocycles. The molecule has 15 heavy (non-hydrogen) atoms. The van der Waals surface area contributed by atoms with Gasteiger partial charge in [-0.2, -0.15) is 0 Å². The second-order valence-electron chi connectivity index (χ2n) is 3.79. The van der Waals surface area contributed by atoms with Crippen LogP contribution in [0.25, 0.3) is 0 Å². The smallest absolute Gasteiger partial charge is 0.0195 e. The zero-order valence-corrected chi connectivity index (χ0v) is 11.4. The quantitative estimate of drug-likeness (QED) is 0.692. The summed E-state index contributed by atoms with van der Waals surface area (Å²) in [7, 11) is 1.50. The lowest BCUT2D eigenvalue weighted by Crippen LogP contribution is -2.12. The molecule has 2 atom stereocenters. The van der Waals surface area contributed by atoms with Crippen LogP contribution in [-0.4, -0.2) is 7.05 Å². The highest BCUT2D eigenvalue weighted by Gasteiger charge is 2.15. The largest absolute Gasteiger partial charge is 0.333 e. The minimum absolute atomic E-state index is 0.892. The molecular weight excluding hydrogens is 182 g/mol. The monoisotopic (exact) mass is 213 g/mol.